The molecule has 1 aliphatic rings. The minimum Gasteiger partial charge on any atom is -0.349 e. The van der Waals surface area contributed by atoms with Crippen molar-refractivity contribution in [1.29, 1.82) is 0 Å². The smallest absolute Gasteiger partial charge is 0.253 e. The third kappa shape index (κ3) is 2.83. The van der Waals surface area contributed by atoms with Crippen LogP contribution >= 0.6 is 11.6 Å². The van der Waals surface area contributed by atoms with Crippen molar-refractivity contribution in [3.8, 4) is 0 Å². The van der Waals surface area contributed by atoms with E-state index >= 15 is 0 Å². The van der Waals surface area contributed by atoms with E-state index < -0.39 is 0 Å². The Balaban J connectivity index is 2.05. The third-order valence-corrected chi connectivity index (χ3v) is 4.34. The maximum atomic E-state index is 12.2. The highest BCUT2D eigenvalue weighted by Crippen LogP contribution is 2.29. The average Bonchev–Trinajstić information content (AvgIpc) is 2.35. The summed E-state index contributed by atoms with van der Waals surface area (Å²) >= 11 is 5.98. The lowest BCUT2D eigenvalue weighted by atomic mass is 9.78. The third-order valence-electron chi connectivity index (χ3n) is 4.04. The summed E-state index contributed by atoms with van der Waals surface area (Å²) < 4.78 is 0. The highest BCUT2D eigenvalue weighted by atomic mass is 35.5. The minimum atomic E-state index is -0.0895. The first kappa shape index (κ1) is 13.3. The Kier molecular flexibility index (Phi) is 4.23. The summed E-state index contributed by atoms with van der Waals surface area (Å²) in [5, 5.41) is 3.51. The van der Waals surface area contributed by atoms with Gasteiger partial charge in [-0.3, -0.25) is 9.78 Å². The van der Waals surface area contributed by atoms with Crippen LogP contribution in [0.5, 0.6) is 0 Å². The molecule has 3 nitrogen and oxygen atoms in total. The number of hydrogen-bond donors (Lipinski definition) is 1. The molecule has 18 heavy (non-hydrogen) atoms. The van der Waals surface area contributed by atoms with E-state index in [-0.39, 0.29) is 11.9 Å². The molecule has 1 saturated carbocycles. The largest absolute Gasteiger partial charge is 0.349 e. The molecule has 0 bridgehead atoms. The Morgan fingerprint density at radius 3 is 2.94 bits per heavy atom. The first-order chi connectivity index (χ1) is 8.59. The average molecular weight is 267 g/mol. The van der Waals surface area contributed by atoms with Crippen molar-refractivity contribution in [3.05, 3.63) is 29.0 Å². The van der Waals surface area contributed by atoms with E-state index in [1.165, 1.54) is 19.0 Å². The van der Waals surface area contributed by atoms with Crippen molar-refractivity contribution in [2.24, 2.45) is 11.8 Å². The molecular weight excluding hydrogens is 248 g/mol. The summed E-state index contributed by atoms with van der Waals surface area (Å²) in [6, 6.07) is 1.92. The maximum Gasteiger partial charge on any atom is 0.253 e. The molecule has 3 unspecified atom stereocenters. The van der Waals surface area contributed by atoms with Crippen LogP contribution in [0.15, 0.2) is 18.5 Å². The number of halogens is 1. The van der Waals surface area contributed by atoms with E-state index in [2.05, 4.69) is 24.1 Å². The van der Waals surface area contributed by atoms with Crippen molar-refractivity contribution in [1.82, 2.24) is 10.3 Å². The molecule has 4 heteroatoms. The predicted octanol–water partition coefficient (Wildman–Crippen LogP) is 3.29. The predicted molar refractivity (Wildman–Crippen MR) is 72.7 cm³/mol. The molecule has 1 amide bonds. The topological polar surface area (TPSA) is 42.0 Å². The molecule has 2 rings (SSSR count). The van der Waals surface area contributed by atoms with Crippen molar-refractivity contribution >= 4 is 17.5 Å². The van der Waals surface area contributed by atoms with Gasteiger partial charge in [0.15, 0.2) is 0 Å². The zero-order valence-electron chi connectivity index (χ0n) is 10.8. The summed E-state index contributed by atoms with van der Waals surface area (Å²) in [6.07, 6.45) is 6.58. The molecule has 98 valence electrons. The summed E-state index contributed by atoms with van der Waals surface area (Å²) in [4.78, 5) is 16.1. The van der Waals surface area contributed by atoms with Crippen molar-refractivity contribution in [2.75, 3.05) is 0 Å². The van der Waals surface area contributed by atoms with Gasteiger partial charge in [0.05, 0.1) is 10.6 Å². The van der Waals surface area contributed by atoms with Gasteiger partial charge >= 0.3 is 0 Å². The van der Waals surface area contributed by atoms with Gasteiger partial charge in [0.1, 0.15) is 0 Å². The van der Waals surface area contributed by atoms with E-state index in [1.807, 2.05) is 0 Å². The SMILES string of the molecule is CC1CCCC(NC(=O)c2ccncc2Cl)C1C. The number of aromatic nitrogens is 1. The number of carbonyl (C=O) groups excluding carboxylic acids is 1. The van der Waals surface area contributed by atoms with E-state index in [1.54, 1.807) is 12.3 Å². The van der Waals surface area contributed by atoms with Crippen LogP contribution in [-0.2, 0) is 0 Å². The molecule has 0 aliphatic heterocycles. The van der Waals surface area contributed by atoms with Crippen molar-refractivity contribution < 1.29 is 4.79 Å². The van der Waals surface area contributed by atoms with Gasteiger partial charge in [-0.05, 0) is 24.3 Å². The molecule has 1 aliphatic carbocycles. The quantitative estimate of drug-likeness (QED) is 0.893. The monoisotopic (exact) mass is 266 g/mol. The standard InChI is InChI=1S/C14H19ClN2O/c1-9-4-3-5-13(10(9)2)17-14(18)11-6-7-16-8-12(11)15/h6-10,13H,3-5H2,1-2H3,(H,17,18). The van der Waals surface area contributed by atoms with Gasteiger partial charge in [0, 0.05) is 18.4 Å². The first-order valence-electron chi connectivity index (χ1n) is 6.50. The first-order valence-corrected chi connectivity index (χ1v) is 6.87. The van der Waals surface area contributed by atoms with Gasteiger partial charge in [0.2, 0.25) is 0 Å². The van der Waals surface area contributed by atoms with E-state index in [0.717, 1.165) is 6.42 Å². The van der Waals surface area contributed by atoms with Crippen LogP contribution in [0.3, 0.4) is 0 Å². The van der Waals surface area contributed by atoms with Gasteiger partial charge in [-0.15, -0.1) is 0 Å². The van der Waals surface area contributed by atoms with Crippen LogP contribution in [-0.4, -0.2) is 16.9 Å². The second-order valence-electron chi connectivity index (χ2n) is 5.20. The van der Waals surface area contributed by atoms with Crippen LogP contribution < -0.4 is 5.32 Å². The van der Waals surface area contributed by atoms with Crippen LogP contribution in [0.25, 0.3) is 0 Å². The molecule has 1 fully saturated rings. The molecule has 1 aromatic rings. The minimum absolute atomic E-state index is 0.0895. The summed E-state index contributed by atoms with van der Waals surface area (Å²) in [5.41, 5.74) is 0.511. The van der Waals surface area contributed by atoms with Crippen molar-refractivity contribution in [3.63, 3.8) is 0 Å². The van der Waals surface area contributed by atoms with Crippen molar-refractivity contribution in [2.45, 2.75) is 39.2 Å². The second kappa shape index (κ2) is 5.70. The number of amides is 1. The van der Waals surface area contributed by atoms with Gasteiger partial charge in [-0.25, -0.2) is 0 Å². The fourth-order valence-electron chi connectivity index (χ4n) is 2.59. The van der Waals surface area contributed by atoms with E-state index in [4.69, 9.17) is 11.6 Å². The zero-order chi connectivity index (χ0) is 13.1. The lowest BCUT2D eigenvalue weighted by molar-refractivity contribution is 0.0891. The molecule has 3 atom stereocenters. The number of nitrogens with one attached hydrogen (secondary N) is 1. The highest BCUT2D eigenvalue weighted by molar-refractivity contribution is 6.33. The van der Waals surface area contributed by atoms with Crippen LogP contribution in [0.2, 0.25) is 5.02 Å². The Morgan fingerprint density at radius 1 is 1.44 bits per heavy atom. The van der Waals surface area contributed by atoms with E-state index in [9.17, 15) is 4.79 Å². The van der Waals surface area contributed by atoms with Gasteiger partial charge < -0.3 is 5.32 Å². The van der Waals surface area contributed by atoms with Crippen LogP contribution in [0, 0.1) is 11.8 Å². The summed E-state index contributed by atoms with van der Waals surface area (Å²) in [7, 11) is 0. The maximum absolute atomic E-state index is 12.2. The second-order valence-corrected chi connectivity index (χ2v) is 5.61. The highest BCUT2D eigenvalue weighted by Gasteiger charge is 2.28. The number of carbonyl (C=O) groups is 1. The normalized spacial score (nSPS) is 27.8. The number of pyridine rings is 1. The molecule has 0 spiro atoms. The molecule has 0 radical (unpaired) electrons. The summed E-state index contributed by atoms with van der Waals surface area (Å²) in [6.45, 7) is 4.46. The number of rotatable bonds is 2. The lowest BCUT2D eigenvalue weighted by Gasteiger charge is -2.34. The zero-order valence-corrected chi connectivity index (χ0v) is 11.6. The Labute approximate surface area is 113 Å². The van der Waals surface area contributed by atoms with Gasteiger partial charge in [-0.2, -0.15) is 0 Å². The Morgan fingerprint density at radius 2 is 2.22 bits per heavy atom. The molecule has 1 aromatic heterocycles. The molecule has 0 aromatic carbocycles. The Bertz CT molecular complexity index is 436. The molecule has 1 heterocycles. The fourth-order valence-corrected chi connectivity index (χ4v) is 2.80. The van der Waals surface area contributed by atoms with Gasteiger partial charge in [-0.1, -0.05) is 38.3 Å². The molecule has 0 saturated heterocycles. The van der Waals surface area contributed by atoms with E-state index in [0.29, 0.717) is 22.4 Å². The molecule has 1 N–H and O–H groups in total. The van der Waals surface area contributed by atoms with Crippen LogP contribution in [0.4, 0.5) is 0 Å². The number of nitrogens with zero attached hydrogens (tertiary/aromatic N) is 1. The Hall–Kier alpha value is -1.09. The van der Waals surface area contributed by atoms with Crippen LogP contribution in [0.1, 0.15) is 43.5 Å². The molecular formula is C14H19ClN2O. The van der Waals surface area contributed by atoms with Gasteiger partial charge in [0.25, 0.3) is 5.91 Å². The lowest BCUT2D eigenvalue weighted by Crippen LogP contribution is -2.43. The fraction of sp³-hybridized carbons (Fsp3) is 0.571. The summed E-state index contributed by atoms with van der Waals surface area (Å²) in [5.74, 6) is 1.09. The number of hydrogen-bond acceptors (Lipinski definition) is 2.